The van der Waals surface area contributed by atoms with Crippen molar-refractivity contribution in [2.75, 3.05) is 13.7 Å². The summed E-state index contributed by atoms with van der Waals surface area (Å²) >= 11 is 0. The number of methoxy groups -OCH3 is 1. The Morgan fingerprint density at radius 2 is 1.86 bits per heavy atom. The van der Waals surface area contributed by atoms with Crippen molar-refractivity contribution in [3.05, 3.63) is 71.7 Å². The third-order valence-electron chi connectivity index (χ3n) is 6.07. The quantitative estimate of drug-likeness (QED) is 0.547. The Bertz CT molecular complexity index is 1200. The zero-order valence-electron chi connectivity index (χ0n) is 18.4. The number of carbonyl (C=O) groups excluding carboxylic acids is 1. The zero-order chi connectivity index (χ0) is 24.7. The lowest BCUT2D eigenvalue weighted by atomic mass is 9.91. The number of nitrogens with two attached hydrogens (primary N) is 1. The van der Waals surface area contributed by atoms with Crippen molar-refractivity contribution in [1.29, 1.82) is 0 Å². The smallest absolute Gasteiger partial charge is 0.249 e. The number of nitrogens with zero attached hydrogens (tertiary/aromatic N) is 3. The first-order chi connectivity index (χ1) is 16.9. The van der Waals surface area contributed by atoms with Crippen molar-refractivity contribution in [3.8, 4) is 11.3 Å². The summed E-state index contributed by atoms with van der Waals surface area (Å²) in [6, 6.07) is 10.1. The van der Waals surface area contributed by atoms with Gasteiger partial charge in [-0.05, 0) is 12.1 Å². The molecule has 2 N–H and O–H groups in total. The summed E-state index contributed by atoms with van der Waals surface area (Å²) in [4.78, 5) is 12.2. The molecule has 5 rings (SSSR count). The average molecular weight is 490 g/mol. The highest BCUT2D eigenvalue weighted by atomic mass is 19.2. The Hall–Kier alpha value is -3.32. The van der Waals surface area contributed by atoms with Gasteiger partial charge in [-0.15, -0.1) is 5.10 Å². The molecule has 184 valence electrons. The van der Waals surface area contributed by atoms with Crippen molar-refractivity contribution in [2.45, 2.75) is 36.7 Å². The second kappa shape index (κ2) is 9.38. The van der Waals surface area contributed by atoms with Crippen molar-refractivity contribution < 1.29 is 36.9 Å². The van der Waals surface area contributed by atoms with Gasteiger partial charge < -0.3 is 24.7 Å². The normalized spacial score (nSPS) is 28.5. The summed E-state index contributed by atoms with van der Waals surface area (Å²) in [6.07, 6.45) is -2.82. The first-order valence-electron chi connectivity index (χ1n) is 10.7. The molecule has 2 fully saturated rings. The predicted octanol–water partition coefficient (Wildman–Crippen LogP) is 2.29. The number of halogens is 3. The number of carbonyl (C=O) groups is 1. The van der Waals surface area contributed by atoms with E-state index in [9.17, 15) is 18.0 Å². The van der Waals surface area contributed by atoms with Gasteiger partial charge in [0.1, 0.15) is 30.0 Å². The van der Waals surface area contributed by atoms with Gasteiger partial charge in [-0.3, -0.25) is 4.79 Å². The number of benzene rings is 2. The molecular formula is C23H21F3N4O5. The third kappa shape index (κ3) is 4.29. The summed E-state index contributed by atoms with van der Waals surface area (Å²) in [7, 11) is 1.38. The van der Waals surface area contributed by atoms with E-state index in [2.05, 4.69) is 10.3 Å². The maximum atomic E-state index is 13.8. The van der Waals surface area contributed by atoms with E-state index in [1.807, 2.05) is 30.3 Å². The van der Waals surface area contributed by atoms with Crippen LogP contribution in [0.3, 0.4) is 0 Å². The van der Waals surface area contributed by atoms with Gasteiger partial charge in [0.05, 0.1) is 12.8 Å². The van der Waals surface area contributed by atoms with Gasteiger partial charge in [0.25, 0.3) is 0 Å². The summed E-state index contributed by atoms with van der Waals surface area (Å²) in [6.45, 7) is 0.0941. The molecule has 2 saturated heterocycles. The molecule has 1 aromatic heterocycles. The summed E-state index contributed by atoms with van der Waals surface area (Å²) in [5.74, 6) is -5.06. The second-order valence-corrected chi connectivity index (χ2v) is 8.20. The molecule has 3 aromatic rings. The summed E-state index contributed by atoms with van der Waals surface area (Å²) < 4.78 is 65.8. The highest BCUT2D eigenvalue weighted by Crippen LogP contribution is 2.40. The largest absolute Gasteiger partial charge is 0.376 e. The van der Waals surface area contributed by atoms with Crippen LogP contribution in [-0.2, 0) is 23.7 Å². The highest BCUT2D eigenvalue weighted by Gasteiger charge is 2.53. The Kier molecular flexibility index (Phi) is 6.28. The Morgan fingerprint density at radius 3 is 2.51 bits per heavy atom. The SMILES string of the molecule is CO[C@@H]1[C@@H](n2cc(-c3cc(F)c(F)c(F)c3)nn2)[C@H]2OC(c3ccccc3)OC[C@H]2O[C@H]1C(N)=O. The molecule has 0 saturated carbocycles. The van der Waals surface area contributed by atoms with E-state index in [1.54, 1.807) is 0 Å². The van der Waals surface area contributed by atoms with Gasteiger partial charge in [0, 0.05) is 18.2 Å². The van der Waals surface area contributed by atoms with Crippen molar-refractivity contribution >= 4 is 5.91 Å². The van der Waals surface area contributed by atoms with E-state index in [4.69, 9.17) is 24.7 Å². The fraction of sp³-hybridized carbons (Fsp3) is 0.348. The molecule has 0 spiro atoms. The van der Waals surface area contributed by atoms with Crippen LogP contribution in [0.15, 0.2) is 48.7 Å². The minimum atomic E-state index is -1.58. The Balaban J connectivity index is 1.52. The van der Waals surface area contributed by atoms with Gasteiger partial charge in [0.2, 0.25) is 5.91 Å². The first kappa shape index (κ1) is 23.4. The minimum absolute atomic E-state index is 0.0215. The number of ether oxygens (including phenoxy) is 4. The molecule has 0 radical (unpaired) electrons. The number of rotatable bonds is 5. The van der Waals surface area contributed by atoms with E-state index in [0.29, 0.717) is 0 Å². The van der Waals surface area contributed by atoms with Crippen LogP contribution in [0.2, 0.25) is 0 Å². The number of aromatic nitrogens is 3. The molecule has 12 heteroatoms. The molecule has 2 aromatic carbocycles. The van der Waals surface area contributed by atoms with Crippen LogP contribution in [0, 0.1) is 17.5 Å². The maximum Gasteiger partial charge on any atom is 0.249 e. The monoisotopic (exact) mass is 490 g/mol. The fourth-order valence-electron chi connectivity index (χ4n) is 4.43. The standard InChI is InChI=1S/C23H21F3N4O5/c1-32-20-18(30-9-15(28-29-30)12-7-13(24)17(26)14(25)8-12)19-16(34-21(20)22(27)31)10-33-23(35-19)11-5-3-2-4-6-11/h2-9,16,18-21,23H,10H2,1H3,(H2,27,31)/t16-,18+,19+,20-,21-,23?/m1/s1. The summed E-state index contributed by atoms with van der Waals surface area (Å²) in [5, 5.41) is 8.08. The molecule has 2 aliphatic heterocycles. The number of hydrogen-bond acceptors (Lipinski definition) is 7. The molecule has 1 amide bonds. The van der Waals surface area contributed by atoms with Gasteiger partial charge in [-0.1, -0.05) is 35.5 Å². The number of primary amides is 1. The van der Waals surface area contributed by atoms with Crippen molar-refractivity contribution in [3.63, 3.8) is 0 Å². The third-order valence-corrected chi connectivity index (χ3v) is 6.07. The molecular weight excluding hydrogens is 469 g/mol. The molecule has 0 bridgehead atoms. The first-order valence-corrected chi connectivity index (χ1v) is 10.7. The predicted molar refractivity (Wildman–Crippen MR) is 113 cm³/mol. The lowest BCUT2D eigenvalue weighted by molar-refractivity contribution is -0.314. The van der Waals surface area contributed by atoms with Crippen LogP contribution in [0.25, 0.3) is 11.3 Å². The van der Waals surface area contributed by atoms with Gasteiger partial charge in [-0.2, -0.15) is 0 Å². The molecule has 9 nitrogen and oxygen atoms in total. The maximum absolute atomic E-state index is 13.8. The van der Waals surface area contributed by atoms with Crippen LogP contribution in [0.5, 0.6) is 0 Å². The van der Waals surface area contributed by atoms with Crippen LogP contribution < -0.4 is 5.73 Å². The van der Waals surface area contributed by atoms with E-state index in [-0.39, 0.29) is 17.9 Å². The van der Waals surface area contributed by atoms with E-state index in [1.165, 1.54) is 18.0 Å². The number of amides is 1. The molecule has 2 aliphatic rings. The summed E-state index contributed by atoms with van der Waals surface area (Å²) in [5.41, 5.74) is 6.39. The van der Waals surface area contributed by atoms with E-state index >= 15 is 0 Å². The second-order valence-electron chi connectivity index (χ2n) is 8.20. The Morgan fingerprint density at radius 1 is 1.14 bits per heavy atom. The van der Waals surface area contributed by atoms with Gasteiger partial charge in [0.15, 0.2) is 29.8 Å². The van der Waals surface area contributed by atoms with E-state index in [0.717, 1.165) is 17.7 Å². The molecule has 3 heterocycles. The average Bonchev–Trinajstić information content (AvgIpc) is 3.35. The Labute approximate surface area is 197 Å². The molecule has 6 atom stereocenters. The highest BCUT2D eigenvalue weighted by molar-refractivity contribution is 5.80. The minimum Gasteiger partial charge on any atom is -0.376 e. The molecule has 0 aliphatic carbocycles. The lowest BCUT2D eigenvalue weighted by Crippen LogP contribution is -2.62. The lowest BCUT2D eigenvalue weighted by Gasteiger charge is -2.48. The topological polar surface area (TPSA) is 111 Å². The number of hydrogen-bond donors (Lipinski definition) is 1. The molecule has 1 unspecified atom stereocenters. The van der Waals surface area contributed by atoms with Crippen LogP contribution in [0.1, 0.15) is 17.9 Å². The van der Waals surface area contributed by atoms with Gasteiger partial charge >= 0.3 is 0 Å². The number of fused-ring (bicyclic) bond motifs is 1. The van der Waals surface area contributed by atoms with E-state index < -0.39 is 60.1 Å². The van der Waals surface area contributed by atoms with Crippen molar-refractivity contribution in [1.82, 2.24) is 15.0 Å². The fourth-order valence-corrected chi connectivity index (χ4v) is 4.43. The zero-order valence-corrected chi connectivity index (χ0v) is 18.4. The molecule has 35 heavy (non-hydrogen) atoms. The van der Waals surface area contributed by atoms with Gasteiger partial charge in [-0.25, -0.2) is 17.9 Å². The van der Waals surface area contributed by atoms with Crippen LogP contribution in [-0.4, -0.2) is 59.0 Å². The van der Waals surface area contributed by atoms with Crippen LogP contribution >= 0.6 is 0 Å². The van der Waals surface area contributed by atoms with Crippen molar-refractivity contribution in [2.24, 2.45) is 5.73 Å². The van der Waals surface area contributed by atoms with Crippen LogP contribution in [0.4, 0.5) is 13.2 Å².